The summed E-state index contributed by atoms with van der Waals surface area (Å²) in [5, 5.41) is 2.36. The van der Waals surface area contributed by atoms with Crippen molar-refractivity contribution >= 4 is 0 Å². The van der Waals surface area contributed by atoms with Crippen LogP contribution in [0.4, 0.5) is 0 Å². The molecule has 1 fully saturated rings. The van der Waals surface area contributed by atoms with Crippen molar-refractivity contribution < 1.29 is 0 Å². The molecule has 0 unspecified atom stereocenters. The van der Waals surface area contributed by atoms with Crippen LogP contribution in [-0.2, 0) is 0 Å². The Morgan fingerprint density at radius 3 is 2.38 bits per heavy atom. The van der Waals surface area contributed by atoms with E-state index in [4.69, 9.17) is 0 Å². The Hall–Kier alpha value is -0.0800. The van der Waals surface area contributed by atoms with Crippen LogP contribution in [0.1, 0.15) is 52.4 Å². The Balaban J connectivity index is 2.26. The molecule has 0 aromatic carbocycles. The van der Waals surface area contributed by atoms with Gasteiger partial charge in [-0.1, -0.05) is 26.7 Å². The fourth-order valence-electron chi connectivity index (χ4n) is 2.03. The number of nitrogens with zero attached hydrogens (tertiary/aromatic N) is 2. The largest absolute Gasteiger partial charge is 0.224 e. The molecule has 2 nitrogen and oxygen atoms in total. The molecule has 1 aliphatic carbocycles. The summed E-state index contributed by atoms with van der Waals surface area (Å²) in [4.78, 5) is 0. The van der Waals surface area contributed by atoms with Crippen LogP contribution in [0.5, 0.6) is 0 Å². The molecule has 13 heavy (non-hydrogen) atoms. The molecule has 77 valence electrons. The standard InChI is InChI=1S/C11H23N2/c1-3-9-12-13(10-4-2)11-7-5-6-8-11/h11H,3-10H2,1-2H3. The van der Waals surface area contributed by atoms with Crippen molar-refractivity contribution in [1.82, 2.24) is 10.4 Å². The maximum absolute atomic E-state index is 4.65. The summed E-state index contributed by atoms with van der Waals surface area (Å²) in [6, 6.07) is 0.770. The van der Waals surface area contributed by atoms with Gasteiger partial charge in [0.1, 0.15) is 0 Å². The van der Waals surface area contributed by atoms with Gasteiger partial charge < -0.3 is 0 Å². The zero-order chi connectivity index (χ0) is 9.52. The lowest BCUT2D eigenvalue weighted by Gasteiger charge is -2.26. The highest BCUT2D eigenvalue weighted by Gasteiger charge is 2.21. The van der Waals surface area contributed by atoms with Crippen molar-refractivity contribution in [1.29, 1.82) is 0 Å². The van der Waals surface area contributed by atoms with Crippen molar-refractivity contribution in [2.75, 3.05) is 13.1 Å². The van der Waals surface area contributed by atoms with E-state index >= 15 is 0 Å². The predicted molar refractivity (Wildman–Crippen MR) is 56.5 cm³/mol. The second kappa shape index (κ2) is 6.39. The zero-order valence-corrected chi connectivity index (χ0v) is 9.13. The highest BCUT2D eigenvalue weighted by atomic mass is 15.5. The first kappa shape index (κ1) is 11.0. The molecule has 1 aliphatic rings. The van der Waals surface area contributed by atoms with E-state index in [1.165, 1.54) is 38.5 Å². The van der Waals surface area contributed by atoms with E-state index in [1.54, 1.807) is 0 Å². The Morgan fingerprint density at radius 2 is 1.85 bits per heavy atom. The van der Waals surface area contributed by atoms with Gasteiger partial charge in [-0.25, -0.2) is 5.01 Å². The van der Waals surface area contributed by atoms with Gasteiger partial charge in [0.2, 0.25) is 0 Å². The summed E-state index contributed by atoms with van der Waals surface area (Å²) < 4.78 is 0. The van der Waals surface area contributed by atoms with E-state index in [1.807, 2.05) is 0 Å². The van der Waals surface area contributed by atoms with Crippen LogP contribution in [0.15, 0.2) is 0 Å². The van der Waals surface area contributed by atoms with Gasteiger partial charge in [-0.05, 0) is 25.7 Å². The van der Waals surface area contributed by atoms with Crippen LogP contribution in [-0.4, -0.2) is 24.1 Å². The minimum atomic E-state index is 0.770. The van der Waals surface area contributed by atoms with Crippen LogP contribution in [0.2, 0.25) is 0 Å². The number of hydrogen-bond acceptors (Lipinski definition) is 1. The van der Waals surface area contributed by atoms with E-state index in [9.17, 15) is 0 Å². The summed E-state index contributed by atoms with van der Waals surface area (Å²) in [5.74, 6) is 0. The van der Waals surface area contributed by atoms with Crippen molar-refractivity contribution in [2.24, 2.45) is 0 Å². The van der Waals surface area contributed by atoms with Gasteiger partial charge in [0.25, 0.3) is 0 Å². The van der Waals surface area contributed by atoms with Gasteiger partial charge in [-0.2, -0.15) is 5.43 Å². The van der Waals surface area contributed by atoms with Gasteiger partial charge in [-0.3, -0.25) is 0 Å². The smallest absolute Gasteiger partial charge is 0.0304 e. The Labute approximate surface area is 82.7 Å². The first-order valence-corrected chi connectivity index (χ1v) is 5.82. The van der Waals surface area contributed by atoms with Gasteiger partial charge in [-0.15, -0.1) is 0 Å². The molecule has 0 atom stereocenters. The molecule has 0 spiro atoms. The molecule has 0 aliphatic heterocycles. The van der Waals surface area contributed by atoms with Crippen molar-refractivity contribution in [3.05, 3.63) is 0 Å². The fraction of sp³-hybridized carbons (Fsp3) is 1.00. The highest BCUT2D eigenvalue weighted by molar-refractivity contribution is 4.74. The number of rotatable bonds is 6. The maximum atomic E-state index is 4.65. The zero-order valence-electron chi connectivity index (χ0n) is 9.13. The maximum Gasteiger partial charge on any atom is 0.0304 e. The van der Waals surface area contributed by atoms with Crippen LogP contribution >= 0.6 is 0 Å². The van der Waals surface area contributed by atoms with Crippen molar-refractivity contribution in [3.63, 3.8) is 0 Å². The molecule has 0 saturated heterocycles. The van der Waals surface area contributed by atoms with Gasteiger partial charge in [0.15, 0.2) is 0 Å². The molecule has 0 amide bonds. The second-order valence-electron chi connectivity index (χ2n) is 3.97. The summed E-state index contributed by atoms with van der Waals surface area (Å²) in [5.41, 5.74) is 4.65. The third-order valence-electron chi connectivity index (χ3n) is 2.70. The summed E-state index contributed by atoms with van der Waals surface area (Å²) in [7, 11) is 0. The van der Waals surface area contributed by atoms with Gasteiger partial charge in [0.05, 0.1) is 0 Å². The summed E-state index contributed by atoms with van der Waals surface area (Å²) in [6.45, 7) is 6.60. The summed E-state index contributed by atoms with van der Waals surface area (Å²) >= 11 is 0. The average molecular weight is 183 g/mol. The molecular weight excluding hydrogens is 160 g/mol. The molecular formula is C11H23N2. The molecule has 2 heteroatoms. The lowest BCUT2D eigenvalue weighted by atomic mass is 10.2. The van der Waals surface area contributed by atoms with Crippen molar-refractivity contribution in [3.8, 4) is 0 Å². The Morgan fingerprint density at radius 1 is 1.15 bits per heavy atom. The van der Waals surface area contributed by atoms with Crippen LogP contribution in [0, 0.1) is 0 Å². The SMILES string of the molecule is CCC[N]N(CCC)C1CCCC1. The third kappa shape index (κ3) is 3.65. The van der Waals surface area contributed by atoms with E-state index in [2.05, 4.69) is 24.3 Å². The molecule has 1 radical (unpaired) electrons. The first-order valence-electron chi connectivity index (χ1n) is 5.82. The Kier molecular flexibility index (Phi) is 5.40. The monoisotopic (exact) mass is 183 g/mol. The van der Waals surface area contributed by atoms with Crippen LogP contribution in [0.25, 0.3) is 0 Å². The molecule has 0 bridgehead atoms. The lowest BCUT2D eigenvalue weighted by molar-refractivity contribution is 0.119. The topological polar surface area (TPSA) is 17.3 Å². The van der Waals surface area contributed by atoms with E-state index < -0.39 is 0 Å². The van der Waals surface area contributed by atoms with Crippen LogP contribution in [0.3, 0.4) is 0 Å². The van der Waals surface area contributed by atoms with Gasteiger partial charge >= 0.3 is 0 Å². The van der Waals surface area contributed by atoms with Gasteiger partial charge in [0, 0.05) is 19.1 Å². The summed E-state index contributed by atoms with van der Waals surface area (Å²) in [6.07, 6.45) is 7.95. The minimum Gasteiger partial charge on any atom is -0.224 e. The molecule has 0 aromatic heterocycles. The molecule has 1 saturated carbocycles. The predicted octanol–water partition coefficient (Wildman–Crippen LogP) is 2.57. The quantitative estimate of drug-likeness (QED) is 0.579. The molecule has 0 heterocycles. The Bertz CT molecular complexity index is 119. The van der Waals surface area contributed by atoms with E-state index in [0.29, 0.717) is 0 Å². The number of hydrogen-bond donors (Lipinski definition) is 0. The molecule has 0 aromatic rings. The average Bonchev–Trinajstić information content (AvgIpc) is 2.65. The van der Waals surface area contributed by atoms with Crippen LogP contribution < -0.4 is 5.43 Å². The minimum absolute atomic E-state index is 0.770. The first-order chi connectivity index (χ1) is 6.38. The molecule has 1 rings (SSSR count). The molecule has 0 N–H and O–H groups in total. The third-order valence-corrected chi connectivity index (χ3v) is 2.70. The van der Waals surface area contributed by atoms with E-state index in [0.717, 1.165) is 19.1 Å². The highest BCUT2D eigenvalue weighted by Crippen LogP contribution is 2.22. The second-order valence-corrected chi connectivity index (χ2v) is 3.97. The van der Waals surface area contributed by atoms with E-state index in [-0.39, 0.29) is 0 Å². The fourth-order valence-corrected chi connectivity index (χ4v) is 2.03. The normalized spacial score (nSPS) is 18.7. The lowest BCUT2D eigenvalue weighted by Crippen LogP contribution is -2.40. The van der Waals surface area contributed by atoms with Crippen molar-refractivity contribution in [2.45, 2.75) is 58.4 Å².